The van der Waals surface area contributed by atoms with Crippen molar-refractivity contribution in [3.8, 4) is 0 Å². The molecule has 1 aromatic carbocycles. The molecule has 0 aliphatic heterocycles. The molecular formula is C15H17ClN2S. The van der Waals surface area contributed by atoms with Crippen LogP contribution in [-0.2, 0) is 6.42 Å². The standard InChI is InChI=1S/C15H17ClN2S/c16-13-5-3-12(4-6-13)15(11-1-2-11)18-8-7-14-17-9-10-19-14/h3-6,9-11,15,18H,1-2,7-8H2. The summed E-state index contributed by atoms with van der Waals surface area (Å²) in [6, 6.07) is 8.71. The lowest BCUT2D eigenvalue weighted by molar-refractivity contribution is 0.484. The molecule has 1 atom stereocenters. The Bertz CT molecular complexity index is 505. The summed E-state index contributed by atoms with van der Waals surface area (Å²) in [5.41, 5.74) is 1.35. The van der Waals surface area contributed by atoms with Gasteiger partial charge in [0.15, 0.2) is 0 Å². The van der Waals surface area contributed by atoms with Gasteiger partial charge in [-0.15, -0.1) is 11.3 Å². The molecule has 1 aliphatic rings. The molecule has 100 valence electrons. The minimum atomic E-state index is 0.470. The van der Waals surface area contributed by atoms with Gasteiger partial charge in [-0.3, -0.25) is 0 Å². The van der Waals surface area contributed by atoms with Crippen LogP contribution in [0.25, 0.3) is 0 Å². The number of nitrogens with zero attached hydrogens (tertiary/aromatic N) is 1. The van der Waals surface area contributed by atoms with Gasteiger partial charge in [0.05, 0.1) is 5.01 Å². The maximum Gasteiger partial charge on any atom is 0.0937 e. The molecule has 19 heavy (non-hydrogen) atoms. The van der Waals surface area contributed by atoms with Crippen molar-refractivity contribution < 1.29 is 0 Å². The van der Waals surface area contributed by atoms with Crippen LogP contribution in [0.15, 0.2) is 35.8 Å². The number of hydrogen-bond acceptors (Lipinski definition) is 3. The molecule has 3 rings (SSSR count). The van der Waals surface area contributed by atoms with Crippen LogP contribution in [0, 0.1) is 5.92 Å². The molecule has 0 bridgehead atoms. The highest BCUT2D eigenvalue weighted by atomic mass is 35.5. The topological polar surface area (TPSA) is 24.9 Å². The van der Waals surface area contributed by atoms with Gasteiger partial charge in [0, 0.05) is 35.6 Å². The summed E-state index contributed by atoms with van der Waals surface area (Å²) in [6.45, 7) is 0.983. The van der Waals surface area contributed by atoms with E-state index in [9.17, 15) is 0 Å². The smallest absolute Gasteiger partial charge is 0.0937 e. The maximum absolute atomic E-state index is 5.96. The lowest BCUT2D eigenvalue weighted by Gasteiger charge is -2.18. The number of thiazole rings is 1. The molecule has 1 aromatic heterocycles. The van der Waals surface area contributed by atoms with Gasteiger partial charge < -0.3 is 5.32 Å². The number of benzene rings is 1. The average molecular weight is 293 g/mol. The third-order valence-electron chi connectivity index (χ3n) is 3.51. The van der Waals surface area contributed by atoms with Crippen molar-refractivity contribution in [1.82, 2.24) is 10.3 Å². The highest BCUT2D eigenvalue weighted by molar-refractivity contribution is 7.09. The van der Waals surface area contributed by atoms with Crippen molar-refractivity contribution in [2.75, 3.05) is 6.54 Å². The van der Waals surface area contributed by atoms with E-state index in [1.54, 1.807) is 11.3 Å². The van der Waals surface area contributed by atoms with Crippen LogP contribution >= 0.6 is 22.9 Å². The van der Waals surface area contributed by atoms with Gasteiger partial charge >= 0.3 is 0 Å². The summed E-state index contributed by atoms with van der Waals surface area (Å²) in [5.74, 6) is 0.789. The van der Waals surface area contributed by atoms with Crippen molar-refractivity contribution >= 4 is 22.9 Å². The molecular weight excluding hydrogens is 276 g/mol. The number of aromatic nitrogens is 1. The predicted molar refractivity (Wildman–Crippen MR) is 80.7 cm³/mol. The largest absolute Gasteiger partial charge is 0.309 e. The number of nitrogens with one attached hydrogen (secondary N) is 1. The van der Waals surface area contributed by atoms with Gasteiger partial charge in [0.1, 0.15) is 0 Å². The van der Waals surface area contributed by atoms with E-state index in [0.717, 1.165) is 23.9 Å². The molecule has 0 saturated heterocycles. The van der Waals surface area contributed by atoms with E-state index >= 15 is 0 Å². The molecule has 0 spiro atoms. The summed E-state index contributed by atoms with van der Waals surface area (Å²) in [6.07, 6.45) is 5.54. The third kappa shape index (κ3) is 3.56. The summed E-state index contributed by atoms with van der Waals surface area (Å²) in [5, 5.41) is 7.73. The normalized spacial score (nSPS) is 16.5. The third-order valence-corrected chi connectivity index (χ3v) is 4.60. The number of hydrogen-bond donors (Lipinski definition) is 1. The predicted octanol–water partition coefficient (Wildman–Crippen LogP) is 4.08. The van der Waals surface area contributed by atoms with E-state index in [4.69, 9.17) is 11.6 Å². The first kappa shape index (κ1) is 13.1. The van der Waals surface area contributed by atoms with Gasteiger partial charge in [0.2, 0.25) is 0 Å². The number of rotatable bonds is 6. The minimum absolute atomic E-state index is 0.470. The van der Waals surface area contributed by atoms with Crippen LogP contribution in [-0.4, -0.2) is 11.5 Å². The molecule has 1 N–H and O–H groups in total. The second-order valence-corrected chi connectivity index (χ2v) is 6.41. The van der Waals surface area contributed by atoms with Gasteiger partial charge in [-0.1, -0.05) is 23.7 Å². The van der Waals surface area contributed by atoms with Crippen molar-refractivity contribution in [2.45, 2.75) is 25.3 Å². The Morgan fingerprint density at radius 3 is 2.74 bits per heavy atom. The number of halogens is 1. The SMILES string of the molecule is Clc1ccc(C(NCCc2nccs2)C2CC2)cc1. The highest BCUT2D eigenvalue weighted by Crippen LogP contribution is 2.41. The first-order valence-corrected chi connectivity index (χ1v) is 7.96. The zero-order chi connectivity index (χ0) is 13.1. The second-order valence-electron chi connectivity index (χ2n) is 5.00. The summed E-state index contributed by atoms with van der Waals surface area (Å²) in [7, 11) is 0. The first-order chi connectivity index (χ1) is 9.33. The van der Waals surface area contributed by atoms with Crippen LogP contribution in [0.1, 0.15) is 29.5 Å². The minimum Gasteiger partial charge on any atom is -0.309 e. The summed E-state index contributed by atoms with van der Waals surface area (Å²) < 4.78 is 0. The monoisotopic (exact) mass is 292 g/mol. The van der Waals surface area contributed by atoms with E-state index in [1.807, 2.05) is 23.7 Å². The van der Waals surface area contributed by atoms with E-state index in [1.165, 1.54) is 23.4 Å². The zero-order valence-corrected chi connectivity index (χ0v) is 12.3. The van der Waals surface area contributed by atoms with Gasteiger partial charge in [-0.05, 0) is 36.5 Å². The van der Waals surface area contributed by atoms with Crippen LogP contribution in [0.4, 0.5) is 0 Å². The molecule has 4 heteroatoms. The molecule has 0 amide bonds. The summed E-state index contributed by atoms with van der Waals surface area (Å²) >= 11 is 7.68. The Hall–Kier alpha value is -0.900. The molecule has 1 aliphatic carbocycles. The fraction of sp³-hybridized carbons (Fsp3) is 0.400. The van der Waals surface area contributed by atoms with Crippen LogP contribution in [0.3, 0.4) is 0 Å². The lowest BCUT2D eigenvalue weighted by Crippen LogP contribution is -2.25. The van der Waals surface area contributed by atoms with Crippen molar-refractivity contribution in [2.24, 2.45) is 5.92 Å². The summed E-state index contributed by atoms with van der Waals surface area (Å²) in [4.78, 5) is 4.32. The lowest BCUT2D eigenvalue weighted by atomic mass is 10.0. The van der Waals surface area contributed by atoms with Crippen LogP contribution in [0.2, 0.25) is 5.02 Å². The maximum atomic E-state index is 5.96. The molecule has 1 fully saturated rings. The van der Waals surface area contributed by atoms with Crippen molar-refractivity contribution in [3.63, 3.8) is 0 Å². The molecule has 1 heterocycles. The van der Waals surface area contributed by atoms with Gasteiger partial charge in [-0.25, -0.2) is 4.98 Å². The van der Waals surface area contributed by atoms with E-state index < -0.39 is 0 Å². The molecule has 2 nitrogen and oxygen atoms in total. The second kappa shape index (κ2) is 6.04. The van der Waals surface area contributed by atoms with E-state index in [-0.39, 0.29) is 0 Å². The molecule has 0 radical (unpaired) electrons. The fourth-order valence-electron chi connectivity index (χ4n) is 2.37. The molecule has 1 saturated carbocycles. The van der Waals surface area contributed by atoms with Crippen LogP contribution in [0.5, 0.6) is 0 Å². The Labute approximate surface area is 122 Å². The highest BCUT2D eigenvalue weighted by Gasteiger charge is 2.31. The molecule has 2 aromatic rings. The Morgan fingerprint density at radius 1 is 1.32 bits per heavy atom. The van der Waals surface area contributed by atoms with Crippen LogP contribution < -0.4 is 5.32 Å². The Morgan fingerprint density at radius 2 is 2.11 bits per heavy atom. The fourth-order valence-corrected chi connectivity index (χ4v) is 3.11. The van der Waals surface area contributed by atoms with Crippen molar-refractivity contribution in [1.29, 1.82) is 0 Å². The quantitative estimate of drug-likeness (QED) is 0.868. The average Bonchev–Trinajstić information content (AvgIpc) is 3.13. The van der Waals surface area contributed by atoms with Crippen molar-refractivity contribution in [3.05, 3.63) is 51.4 Å². The van der Waals surface area contributed by atoms with Gasteiger partial charge in [-0.2, -0.15) is 0 Å². The zero-order valence-electron chi connectivity index (χ0n) is 10.7. The van der Waals surface area contributed by atoms with E-state index in [2.05, 4.69) is 22.4 Å². The van der Waals surface area contributed by atoms with E-state index in [0.29, 0.717) is 6.04 Å². The Balaban J connectivity index is 1.60. The molecule has 1 unspecified atom stereocenters. The first-order valence-electron chi connectivity index (χ1n) is 6.70. The Kier molecular flexibility index (Phi) is 4.16. The van der Waals surface area contributed by atoms with Gasteiger partial charge in [0.25, 0.3) is 0 Å².